The molecule has 0 unspecified atom stereocenters. The van der Waals surface area contributed by atoms with E-state index in [0.717, 1.165) is 32.5 Å². The fourth-order valence-electron chi connectivity index (χ4n) is 1.95. The van der Waals surface area contributed by atoms with Crippen LogP contribution in [0, 0.1) is 5.92 Å². The number of hydrogen-bond donors (Lipinski definition) is 1. The van der Waals surface area contributed by atoms with E-state index in [1.54, 1.807) is 0 Å². The molecule has 14 heavy (non-hydrogen) atoms. The summed E-state index contributed by atoms with van der Waals surface area (Å²) >= 11 is 0. The van der Waals surface area contributed by atoms with Crippen LogP contribution < -0.4 is 5.32 Å². The molecule has 78 valence electrons. The van der Waals surface area contributed by atoms with Gasteiger partial charge in [-0.2, -0.15) is 5.10 Å². The SMILES string of the molecule is CC(C)Cc1cc2n(n1)CCNCC2. The molecule has 3 heteroatoms. The minimum absolute atomic E-state index is 0.701. The van der Waals surface area contributed by atoms with Gasteiger partial charge in [-0.25, -0.2) is 0 Å². The van der Waals surface area contributed by atoms with E-state index in [-0.39, 0.29) is 0 Å². The summed E-state index contributed by atoms with van der Waals surface area (Å²) in [7, 11) is 0. The molecule has 0 aromatic carbocycles. The van der Waals surface area contributed by atoms with E-state index in [1.807, 2.05) is 0 Å². The minimum Gasteiger partial charge on any atom is -0.315 e. The first-order valence-corrected chi connectivity index (χ1v) is 5.52. The average Bonchev–Trinajstić information content (AvgIpc) is 2.34. The molecule has 1 aliphatic heterocycles. The Hall–Kier alpha value is -0.830. The van der Waals surface area contributed by atoms with E-state index < -0.39 is 0 Å². The topological polar surface area (TPSA) is 29.9 Å². The van der Waals surface area contributed by atoms with Crippen molar-refractivity contribution < 1.29 is 0 Å². The molecule has 0 saturated carbocycles. The van der Waals surface area contributed by atoms with Gasteiger partial charge in [-0.05, 0) is 18.4 Å². The highest BCUT2D eigenvalue weighted by molar-refractivity contribution is 5.12. The second-order valence-corrected chi connectivity index (χ2v) is 4.45. The molecule has 3 nitrogen and oxygen atoms in total. The first kappa shape index (κ1) is 9.71. The largest absolute Gasteiger partial charge is 0.315 e. The zero-order valence-corrected chi connectivity index (χ0v) is 9.08. The van der Waals surface area contributed by atoms with Gasteiger partial charge in [0.05, 0.1) is 12.2 Å². The second-order valence-electron chi connectivity index (χ2n) is 4.45. The molecule has 0 bridgehead atoms. The molecule has 2 rings (SSSR count). The summed E-state index contributed by atoms with van der Waals surface area (Å²) < 4.78 is 2.16. The average molecular weight is 193 g/mol. The van der Waals surface area contributed by atoms with Gasteiger partial charge in [-0.1, -0.05) is 13.8 Å². The van der Waals surface area contributed by atoms with Gasteiger partial charge in [0.1, 0.15) is 0 Å². The van der Waals surface area contributed by atoms with Crippen LogP contribution in [0.4, 0.5) is 0 Å². The molecule has 1 N–H and O–H groups in total. The first-order valence-electron chi connectivity index (χ1n) is 5.52. The highest BCUT2D eigenvalue weighted by Crippen LogP contribution is 2.11. The lowest BCUT2D eigenvalue weighted by molar-refractivity contribution is 0.566. The lowest BCUT2D eigenvalue weighted by atomic mass is 10.1. The molecule has 1 aliphatic rings. The maximum absolute atomic E-state index is 4.63. The van der Waals surface area contributed by atoms with E-state index in [2.05, 4.69) is 35.0 Å². The Morgan fingerprint density at radius 1 is 1.50 bits per heavy atom. The fraction of sp³-hybridized carbons (Fsp3) is 0.727. The van der Waals surface area contributed by atoms with E-state index in [1.165, 1.54) is 11.4 Å². The van der Waals surface area contributed by atoms with Crippen molar-refractivity contribution in [2.45, 2.75) is 33.2 Å². The van der Waals surface area contributed by atoms with Crippen molar-refractivity contribution in [2.75, 3.05) is 13.1 Å². The van der Waals surface area contributed by atoms with Crippen molar-refractivity contribution in [2.24, 2.45) is 5.92 Å². The van der Waals surface area contributed by atoms with Gasteiger partial charge in [0, 0.05) is 25.2 Å². The van der Waals surface area contributed by atoms with Crippen LogP contribution in [0.2, 0.25) is 0 Å². The predicted molar refractivity (Wildman–Crippen MR) is 57.3 cm³/mol. The van der Waals surface area contributed by atoms with Crippen LogP contribution in [0.15, 0.2) is 6.07 Å². The van der Waals surface area contributed by atoms with Gasteiger partial charge in [0.2, 0.25) is 0 Å². The van der Waals surface area contributed by atoms with Crippen LogP contribution in [0.1, 0.15) is 25.2 Å². The van der Waals surface area contributed by atoms with Gasteiger partial charge >= 0.3 is 0 Å². The molecule has 0 atom stereocenters. The number of hydrogen-bond acceptors (Lipinski definition) is 2. The summed E-state index contributed by atoms with van der Waals surface area (Å²) in [6.07, 6.45) is 2.22. The maximum Gasteiger partial charge on any atom is 0.0630 e. The van der Waals surface area contributed by atoms with E-state index >= 15 is 0 Å². The summed E-state index contributed by atoms with van der Waals surface area (Å²) in [6.45, 7) is 7.65. The zero-order chi connectivity index (χ0) is 9.97. The van der Waals surface area contributed by atoms with Gasteiger partial charge in [0.15, 0.2) is 0 Å². The van der Waals surface area contributed by atoms with E-state index in [0.29, 0.717) is 5.92 Å². The Balaban J connectivity index is 2.14. The number of fused-ring (bicyclic) bond motifs is 1. The van der Waals surface area contributed by atoms with E-state index in [9.17, 15) is 0 Å². The molecule has 0 saturated heterocycles. The second kappa shape index (κ2) is 4.13. The Morgan fingerprint density at radius 2 is 2.36 bits per heavy atom. The van der Waals surface area contributed by atoms with Gasteiger partial charge in [0.25, 0.3) is 0 Å². The van der Waals surface area contributed by atoms with Gasteiger partial charge in [-0.15, -0.1) is 0 Å². The molecule has 0 amide bonds. The Morgan fingerprint density at radius 3 is 3.14 bits per heavy atom. The smallest absolute Gasteiger partial charge is 0.0630 e. The summed E-state index contributed by atoms with van der Waals surface area (Å²) in [5.74, 6) is 0.701. The van der Waals surface area contributed by atoms with Crippen LogP contribution in [0.3, 0.4) is 0 Å². The zero-order valence-electron chi connectivity index (χ0n) is 9.08. The van der Waals surface area contributed by atoms with Crippen LogP contribution in [0.5, 0.6) is 0 Å². The van der Waals surface area contributed by atoms with Crippen LogP contribution >= 0.6 is 0 Å². The molecular weight excluding hydrogens is 174 g/mol. The number of aromatic nitrogens is 2. The molecule has 2 heterocycles. The molecule has 0 aliphatic carbocycles. The number of nitrogens with zero attached hydrogens (tertiary/aromatic N) is 2. The van der Waals surface area contributed by atoms with Crippen LogP contribution in [-0.4, -0.2) is 22.9 Å². The Bertz CT molecular complexity index is 278. The van der Waals surface area contributed by atoms with Crippen LogP contribution in [0.25, 0.3) is 0 Å². The summed E-state index contributed by atoms with van der Waals surface area (Å²) in [4.78, 5) is 0. The first-order chi connectivity index (χ1) is 6.75. The van der Waals surface area contributed by atoms with Crippen molar-refractivity contribution >= 4 is 0 Å². The lowest BCUT2D eigenvalue weighted by Crippen LogP contribution is -2.17. The number of nitrogens with one attached hydrogen (secondary N) is 1. The van der Waals surface area contributed by atoms with Crippen molar-refractivity contribution in [3.8, 4) is 0 Å². The third-order valence-corrected chi connectivity index (χ3v) is 2.59. The van der Waals surface area contributed by atoms with Gasteiger partial charge in [-0.3, -0.25) is 4.68 Å². The van der Waals surface area contributed by atoms with Crippen molar-refractivity contribution in [3.05, 3.63) is 17.5 Å². The third kappa shape index (κ3) is 2.15. The lowest BCUT2D eigenvalue weighted by Gasteiger charge is -2.01. The standard InChI is InChI=1S/C11H19N3/c1-9(2)7-10-8-11-3-4-12-5-6-14(11)13-10/h8-9,12H,3-7H2,1-2H3. The Labute approximate surface area is 85.5 Å². The van der Waals surface area contributed by atoms with Crippen LogP contribution in [-0.2, 0) is 19.4 Å². The van der Waals surface area contributed by atoms with Crippen molar-refractivity contribution in [1.82, 2.24) is 15.1 Å². The highest BCUT2D eigenvalue weighted by Gasteiger charge is 2.10. The molecule has 0 fully saturated rings. The summed E-state index contributed by atoms with van der Waals surface area (Å²) in [5, 5.41) is 8.01. The summed E-state index contributed by atoms with van der Waals surface area (Å²) in [5.41, 5.74) is 2.66. The molecular formula is C11H19N3. The number of rotatable bonds is 2. The maximum atomic E-state index is 4.63. The molecule has 1 aromatic heterocycles. The molecule has 1 aromatic rings. The predicted octanol–water partition coefficient (Wildman–Crippen LogP) is 1.23. The fourth-order valence-corrected chi connectivity index (χ4v) is 1.95. The van der Waals surface area contributed by atoms with Crippen molar-refractivity contribution in [3.63, 3.8) is 0 Å². The molecule has 0 spiro atoms. The summed E-state index contributed by atoms with van der Waals surface area (Å²) in [6, 6.07) is 2.27. The normalized spacial score (nSPS) is 16.8. The molecule has 0 radical (unpaired) electrons. The quantitative estimate of drug-likeness (QED) is 0.765. The third-order valence-electron chi connectivity index (χ3n) is 2.59. The Kier molecular flexibility index (Phi) is 2.87. The monoisotopic (exact) mass is 193 g/mol. The van der Waals surface area contributed by atoms with Crippen molar-refractivity contribution in [1.29, 1.82) is 0 Å². The van der Waals surface area contributed by atoms with Gasteiger partial charge < -0.3 is 5.32 Å². The van der Waals surface area contributed by atoms with E-state index in [4.69, 9.17) is 0 Å². The highest BCUT2D eigenvalue weighted by atomic mass is 15.3. The minimum atomic E-state index is 0.701.